The van der Waals surface area contributed by atoms with Crippen LogP contribution in [0.5, 0.6) is 5.75 Å². The van der Waals surface area contributed by atoms with Crippen molar-refractivity contribution >= 4 is 29.6 Å². The van der Waals surface area contributed by atoms with Gasteiger partial charge in [-0.1, -0.05) is 31.2 Å². The molecule has 0 radical (unpaired) electrons. The van der Waals surface area contributed by atoms with Gasteiger partial charge in [-0.05, 0) is 53.9 Å². The van der Waals surface area contributed by atoms with Gasteiger partial charge < -0.3 is 19.8 Å². The van der Waals surface area contributed by atoms with E-state index in [4.69, 9.17) is 9.15 Å². The van der Waals surface area contributed by atoms with Crippen molar-refractivity contribution in [2.24, 2.45) is 5.10 Å². The third kappa shape index (κ3) is 7.66. The number of amides is 3. The summed E-state index contributed by atoms with van der Waals surface area (Å²) in [5, 5.41) is 8.96. The Labute approximate surface area is 190 Å². The summed E-state index contributed by atoms with van der Waals surface area (Å²) in [6.07, 6.45) is 3.76. The van der Waals surface area contributed by atoms with Gasteiger partial charge in [0.15, 0.2) is 6.61 Å². The molecule has 0 bridgehead atoms. The maximum absolute atomic E-state index is 12.1. The molecule has 3 N–H and O–H groups in total. The van der Waals surface area contributed by atoms with E-state index in [1.54, 1.807) is 36.4 Å². The van der Waals surface area contributed by atoms with Crippen molar-refractivity contribution in [2.45, 2.75) is 19.9 Å². The summed E-state index contributed by atoms with van der Waals surface area (Å²) in [4.78, 5) is 35.6. The molecule has 0 aliphatic rings. The topological polar surface area (TPSA) is 122 Å². The molecule has 0 aliphatic carbocycles. The van der Waals surface area contributed by atoms with E-state index in [9.17, 15) is 14.4 Å². The smallest absolute Gasteiger partial charge is 0.329 e. The van der Waals surface area contributed by atoms with Crippen molar-refractivity contribution in [1.29, 1.82) is 0 Å². The van der Waals surface area contributed by atoms with Gasteiger partial charge in [0.05, 0.1) is 19.0 Å². The van der Waals surface area contributed by atoms with Crippen molar-refractivity contribution in [3.05, 3.63) is 83.8 Å². The number of carbonyl (C=O) groups is 3. The maximum atomic E-state index is 12.1. The second kappa shape index (κ2) is 11.8. The molecule has 3 rings (SSSR count). The Kier molecular flexibility index (Phi) is 8.35. The van der Waals surface area contributed by atoms with Gasteiger partial charge in [-0.25, -0.2) is 5.43 Å². The molecule has 0 unspecified atom stereocenters. The summed E-state index contributed by atoms with van der Waals surface area (Å²) in [6.45, 7) is 2.00. The van der Waals surface area contributed by atoms with E-state index < -0.39 is 11.8 Å². The van der Waals surface area contributed by atoms with E-state index in [0.29, 0.717) is 22.8 Å². The number of nitrogens with zero attached hydrogens (tertiary/aromatic N) is 1. The zero-order chi connectivity index (χ0) is 23.5. The summed E-state index contributed by atoms with van der Waals surface area (Å²) in [6, 6.07) is 17.8. The number of aryl methyl sites for hydroxylation is 1. The van der Waals surface area contributed by atoms with E-state index in [0.717, 1.165) is 6.42 Å². The number of anilines is 1. The molecule has 0 fully saturated rings. The van der Waals surface area contributed by atoms with Crippen LogP contribution in [0, 0.1) is 0 Å². The van der Waals surface area contributed by atoms with Crippen molar-refractivity contribution in [1.82, 2.24) is 10.7 Å². The molecule has 0 aliphatic heterocycles. The van der Waals surface area contributed by atoms with E-state index >= 15 is 0 Å². The maximum Gasteiger partial charge on any atom is 0.329 e. The lowest BCUT2D eigenvalue weighted by atomic mass is 10.1. The monoisotopic (exact) mass is 448 g/mol. The number of benzene rings is 2. The molecular weight excluding hydrogens is 424 g/mol. The predicted molar refractivity (Wildman–Crippen MR) is 123 cm³/mol. The fourth-order valence-electron chi connectivity index (χ4n) is 2.73. The fourth-order valence-corrected chi connectivity index (χ4v) is 2.73. The Balaban J connectivity index is 1.43. The normalized spacial score (nSPS) is 10.6. The lowest BCUT2D eigenvalue weighted by Crippen LogP contribution is -2.37. The minimum absolute atomic E-state index is 0.0972. The highest BCUT2D eigenvalue weighted by Crippen LogP contribution is 2.13. The van der Waals surface area contributed by atoms with Crippen LogP contribution in [0.1, 0.15) is 23.8 Å². The number of carbonyl (C=O) groups excluding carboxylic acids is 3. The fraction of sp³-hybridized carbons (Fsp3) is 0.167. The van der Waals surface area contributed by atoms with Crippen LogP contribution in [-0.4, -0.2) is 30.5 Å². The van der Waals surface area contributed by atoms with E-state index in [1.807, 2.05) is 24.3 Å². The van der Waals surface area contributed by atoms with Gasteiger partial charge in [0.1, 0.15) is 11.5 Å². The molecule has 0 saturated carbocycles. The molecule has 1 heterocycles. The van der Waals surface area contributed by atoms with Crippen LogP contribution in [0.3, 0.4) is 0 Å². The molecule has 0 saturated heterocycles. The third-order valence-electron chi connectivity index (χ3n) is 4.46. The van der Waals surface area contributed by atoms with Crippen molar-refractivity contribution in [3.8, 4) is 5.75 Å². The number of hydrogen-bond donors (Lipinski definition) is 3. The molecule has 3 aromatic rings. The van der Waals surface area contributed by atoms with Gasteiger partial charge in [0.2, 0.25) is 0 Å². The summed E-state index contributed by atoms with van der Waals surface area (Å²) in [5.41, 5.74) is 4.65. The average molecular weight is 448 g/mol. The predicted octanol–water partition coefficient (Wildman–Crippen LogP) is 2.63. The molecular formula is C24H24N4O5. The van der Waals surface area contributed by atoms with Gasteiger partial charge in [-0.15, -0.1) is 0 Å². The number of rotatable bonds is 9. The van der Waals surface area contributed by atoms with Gasteiger partial charge in [-0.2, -0.15) is 5.10 Å². The van der Waals surface area contributed by atoms with Crippen molar-refractivity contribution in [3.63, 3.8) is 0 Å². The Morgan fingerprint density at radius 3 is 2.58 bits per heavy atom. The highest BCUT2D eigenvalue weighted by molar-refractivity contribution is 6.35. The second-order valence-corrected chi connectivity index (χ2v) is 6.92. The molecule has 3 amide bonds. The molecule has 2 aromatic carbocycles. The molecule has 1 aromatic heterocycles. The van der Waals surface area contributed by atoms with Crippen LogP contribution in [0.15, 0.2) is 76.4 Å². The number of ether oxygens (including phenoxy) is 1. The number of nitrogens with one attached hydrogen (secondary N) is 3. The quantitative estimate of drug-likeness (QED) is 0.264. The highest BCUT2D eigenvalue weighted by Gasteiger charge is 2.12. The van der Waals surface area contributed by atoms with E-state index in [2.05, 4.69) is 28.1 Å². The van der Waals surface area contributed by atoms with Gasteiger partial charge >= 0.3 is 11.8 Å². The van der Waals surface area contributed by atoms with Crippen LogP contribution in [-0.2, 0) is 27.3 Å². The van der Waals surface area contributed by atoms with E-state index in [-0.39, 0.29) is 19.1 Å². The van der Waals surface area contributed by atoms with Gasteiger partial charge in [0.25, 0.3) is 5.91 Å². The van der Waals surface area contributed by atoms with Crippen molar-refractivity contribution in [2.75, 3.05) is 11.9 Å². The van der Waals surface area contributed by atoms with Gasteiger partial charge in [-0.3, -0.25) is 14.4 Å². The standard InChI is InChI=1S/C24H24N4O5/c1-2-17-8-10-19(11-9-17)27-22(29)16-33-20-6-3-5-18(13-20)14-26-28-24(31)23(30)25-15-21-7-4-12-32-21/h3-14H,2,15-16H2,1H3,(H,25,30)(H,27,29)(H,28,31)/b26-14-. The number of furan rings is 1. The molecule has 0 atom stereocenters. The molecule has 170 valence electrons. The highest BCUT2D eigenvalue weighted by atomic mass is 16.5. The largest absolute Gasteiger partial charge is 0.484 e. The Morgan fingerprint density at radius 2 is 1.85 bits per heavy atom. The minimum Gasteiger partial charge on any atom is -0.484 e. The second-order valence-electron chi connectivity index (χ2n) is 6.92. The first-order chi connectivity index (χ1) is 16.0. The van der Waals surface area contributed by atoms with Crippen LogP contribution < -0.4 is 20.8 Å². The van der Waals surface area contributed by atoms with Crippen LogP contribution >= 0.6 is 0 Å². The summed E-state index contributed by atoms with van der Waals surface area (Å²) in [7, 11) is 0. The van der Waals surface area contributed by atoms with Gasteiger partial charge in [0, 0.05) is 5.69 Å². The number of hydrogen-bond acceptors (Lipinski definition) is 6. The first-order valence-corrected chi connectivity index (χ1v) is 10.3. The lowest BCUT2D eigenvalue weighted by molar-refractivity contribution is -0.139. The molecule has 33 heavy (non-hydrogen) atoms. The summed E-state index contributed by atoms with van der Waals surface area (Å²) in [5.74, 6) is -1.05. The molecule has 9 nitrogen and oxygen atoms in total. The van der Waals surface area contributed by atoms with Crippen LogP contribution in [0.25, 0.3) is 0 Å². The average Bonchev–Trinajstić information content (AvgIpc) is 3.36. The molecule has 0 spiro atoms. The SMILES string of the molecule is CCc1ccc(NC(=O)COc2cccc(/C=N\NC(=O)C(=O)NCc3ccco3)c2)cc1. The zero-order valence-electron chi connectivity index (χ0n) is 18.0. The lowest BCUT2D eigenvalue weighted by Gasteiger charge is -2.08. The molecule has 9 heteroatoms. The minimum atomic E-state index is -0.908. The van der Waals surface area contributed by atoms with Crippen LogP contribution in [0.2, 0.25) is 0 Å². The number of hydrazone groups is 1. The first kappa shape index (κ1) is 23.3. The first-order valence-electron chi connectivity index (χ1n) is 10.3. The third-order valence-corrected chi connectivity index (χ3v) is 4.46. The van der Waals surface area contributed by atoms with E-state index in [1.165, 1.54) is 18.0 Å². The van der Waals surface area contributed by atoms with Crippen LogP contribution in [0.4, 0.5) is 5.69 Å². The summed E-state index contributed by atoms with van der Waals surface area (Å²) >= 11 is 0. The zero-order valence-corrected chi connectivity index (χ0v) is 18.0. The Hall–Kier alpha value is -4.40. The Bertz CT molecular complexity index is 1110. The summed E-state index contributed by atoms with van der Waals surface area (Å²) < 4.78 is 10.6. The Morgan fingerprint density at radius 1 is 1.03 bits per heavy atom. The van der Waals surface area contributed by atoms with Crippen molar-refractivity contribution < 1.29 is 23.5 Å².